The molecule has 3 aromatic rings. The van der Waals surface area contributed by atoms with Gasteiger partial charge in [0.2, 0.25) is 5.91 Å². The summed E-state index contributed by atoms with van der Waals surface area (Å²) < 4.78 is 2.57. The van der Waals surface area contributed by atoms with E-state index in [1.165, 1.54) is 24.5 Å². The molecule has 0 unspecified atom stereocenters. The van der Waals surface area contributed by atoms with Crippen LogP contribution in [0.25, 0.3) is 10.9 Å². The van der Waals surface area contributed by atoms with Crippen LogP contribution in [-0.2, 0) is 11.3 Å². The largest absolute Gasteiger partial charge is 0.323 e. The van der Waals surface area contributed by atoms with Gasteiger partial charge in [-0.3, -0.25) is 24.3 Å². The first-order valence-corrected chi connectivity index (χ1v) is 9.24. The number of benzene rings is 2. The van der Waals surface area contributed by atoms with Crippen molar-refractivity contribution in [2.45, 2.75) is 13.5 Å². The highest BCUT2D eigenvalue weighted by Crippen LogP contribution is 2.32. The fourth-order valence-corrected chi connectivity index (χ4v) is 4.14. The van der Waals surface area contributed by atoms with Crippen LogP contribution in [0.1, 0.15) is 5.56 Å². The topological polar surface area (TPSA) is 107 Å². The molecule has 0 saturated carbocycles. The number of rotatable bonds is 4. The number of nitro benzene ring substituents is 1. The number of aryl methyl sites for hydroxylation is 1. The highest BCUT2D eigenvalue weighted by atomic mass is 79.9. The molecular formula is C17H12Br2N4O4. The number of aromatic nitrogens is 2. The Morgan fingerprint density at radius 2 is 1.93 bits per heavy atom. The molecule has 0 aliphatic carbocycles. The first-order chi connectivity index (χ1) is 12.8. The van der Waals surface area contributed by atoms with E-state index in [1.807, 2.05) is 19.1 Å². The van der Waals surface area contributed by atoms with Gasteiger partial charge in [0.05, 0.1) is 27.8 Å². The van der Waals surface area contributed by atoms with Crippen molar-refractivity contribution < 1.29 is 9.72 Å². The predicted molar refractivity (Wildman–Crippen MR) is 108 cm³/mol. The van der Waals surface area contributed by atoms with Gasteiger partial charge in [0.25, 0.3) is 11.2 Å². The van der Waals surface area contributed by atoms with Gasteiger partial charge < -0.3 is 5.32 Å². The highest BCUT2D eigenvalue weighted by molar-refractivity contribution is 9.11. The lowest BCUT2D eigenvalue weighted by molar-refractivity contribution is -0.384. The van der Waals surface area contributed by atoms with Crippen LogP contribution in [-0.4, -0.2) is 20.4 Å². The number of anilines is 1. The number of non-ortho nitro benzene ring substituents is 1. The molecular weight excluding hydrogens is 484 g/mol. The Morgan fingerprint density at radius 1 is 1.26 bits per heavy atom. The molecule has 1 amide bonds. The van der Waals surface area contributed by atoms with Crippen molar-refractivity contribution >= 4 is 60.0 Å². The molecule has 0 radical (unpaired) electrons. The Labute approximate surface area is 169 Å². The van der Waals surface area contributed by atoms with Crippen molar-refractivity contribution in [2.24, 2.45) is 0 Å². The van der Waals surface area contributed by atoms with Gasteiger partial charge in [-0.25, -0.2) is 4.98 Å². The van der Waals surface area contributed by atoms with E-state index in [0.717, 1.165) is 10.1 Å². The molecule has 3 rings (SSSR count). The molecule has 138 valence electrons. The summed E-state index contributed by atoms with van der Waals surface area (Å²) in [5.74, 6) is -0.412. The van der Waals surface area contributed by atoms with Crippen LogP contribution in [0.15, 0.2) is 50.4 Å². The zero-order valence-corrected chi connectivity index (χ0v) is 17.1. The zero-order valence-electron chi connectivity index (χ0n) is 13.9. The van der Waals surface area contributed by atoms with E-state index in [0.29, 0.717) is 14.6 Å². The Kier molecular flexibility index (Phi) is 5.38. The van der Waals surface area contributed by atoms with Crippen LogP contribution in [0, 0.1) is 17.0 Å². The number of halogens is 2. The number of nitrogens with one attached hydrogen (secondary N) is 1. The normalized spacial score (nSPS) is 10.8. The van der Waals surface area contributed by atoms with Gasteiger partial charge in [0, 0.05) is 21.1 Å². The fraction of sp³-hybridized carbons (Fsp3) is 0.118. The summed E-state index contributed by atoms with van der Waals surface area (Å²) in [5, 5.41) is 13.8. The van der Waals surface area contributed by atoms with E-state index in [9.17, 15) is 19.7 Å². The number of carbonyl (C=O) groups excluding carboxylic acids is 1. The van der Waals surface area contributed by atoms with Crippen molar-refractivity contribution in [1.82, 2.24) is 9.55 Å². The average molecular weight is 496 g/mol. The smallest absolute Gasteiger partial charge is 0.271 e. The minimum Gasteiger partial charge on any atom is -0.323 e. The molecule has 27 heavy (non-hydrogen) atoms. The van der Waals surface area contributed by atoms with Crippen molar-refractivity contribution in [3.05, 3.63) is 71.6 Å². The van der Waals surface area contributed by atoms with Crippen LogP contribution in [0.5, 0.6) is 0 Å². The van der Waals surface area contributed by atoms with E-state index in [4.69, 9.17) is 0 Å². The fourth-order valence-electron chi connectivity index (χ4n) is 2.53. The average Bonchev–Trinajstić information content (AvgIpc) is 2.60. The lowest BCUT2D eigenvalue weighted by atomic mass is 10.2. The number of nitrogens with zero attached hydrogens (tertiary/aromatic N) is 3. The molecule has 0 saturated heterocycles. The third kappa shape index (κ3) is 4.06. The Hall–Kier alpha value is -2.59. The van der Waals surface area contributed by atoms with Crippen molar-refractivity contribution in [1.29, 1.82) is 0 Å². The second-order valence-corrected chi connectivity index (χ2v) is 7.50. The number of amides is 1. The van der Waals surface area contributed by atoms with Crippen molar-refractivity contribution in [3.63, 3.8) is 0 Å². The van der Waals surface area contributed by atoms with Gasteiger partial charge in [0.1, 0.15) is 6.54 Å². The Morgan fingerprint density at radius 3 is 2.56 bits per heavy atom. The van der Waals surface area contributed by atoms with Gasteiger partial charge in [-0.05, 0) is 62.5 Å². The number of carbonyl (C=O) groups is 1. The lowest BCUT2D eigenvalue weighted by Gasteiger charge is -2.12. The third-order valence-corrected chi connectivity index (χ3v) is 5.04. The number of hydrogen-bond acceptors (Lipinski definition) is 5. The van der Waals surface area contributed by atoms with Crippen LogP contribution < -0.4 is 10.9 Å². The quantitative estimate of drug-likeness (QED) is 0.437. The van der Waals surface area contributed by atoms with Crippen LogP contribution in [0.3, 0.4) is 0 Å². The molecule has 1 aromatic heterocycles. The summed E-state index contributed by atoms with van der Waals surface area (Å²) in [6.45, 7) is 1.68. The lowest BCUT2D eigenvalue weighted by Crippen LogP contribution is -2.28. The molecule has 1 heterocycles. The van der Waals surface area contributed by atoms with E-state index in [-0.39, 0.29) is 23.1 Å². The zero-order chi connectivity index (χ0) is 19.7. The van der Waals surface area contributed by atoms with Gasteiger partial charge in [-0.2, -0.15) is 0 Å². The maximum absolute atomic E-state index is 12.5. The van der Waals surface area contributed by atoms with E-state index < -0.39 is 16.4 Å². The molecule has 0 atom stereocenters. The SMILES string of the molecule is Cc1cc(Br)c(NC(=O)Cn2cnc3cc([N+](=O)[O-])ccc3c2=O)c(Br)c1. The summed E-state index contributed by atoms with van der Waals surface area (Å²) in [5.41, 5.74) is 1.17. The van der Waals surface area contributed by atoms with Crippen LogP contribution in [0.4, 0.5) is 11.4 Å². The summed E-state index contributed by atoms with van der Waals surface area (Å²) in [6, 6.07) is 7.51. The molecule has 1 N–H and O–H groups in total. The molecule has 0 bridgehead atoms. The van der Waals surface area contributed by atoms with Gasteiger partial charge >= 0.3 is 0 Å². The van der Waals surface area contributed by atoms with Crippen LogP contribution in [0.2, 0.25) is 0 Å². The van der Waals surface area contributed by atoms with Crippen molar-refractivity contribution in [3.8, 4) is 0 Å². The van der Waals surface area contributed by atoms with E-state index >= 15 is 0 Å². The Balaban J connectivity index is 1.87. The second kappa shape index (κ2) is 7.57. The molecule has 0 fully saturated rings. The van der Waals surface area contributed by atoms with E-state index in [1.54, 1.807) is 0 Å². The Bertz CT molecular complexity index is 1120. The minimum absolute atomic E-state index is 0.154. The summed E-state index contributed by atoms with van der Waals surface area (Å²) in [7, 11) is 0. The standard InChI is InChI=1S/C17H12Br2N4O4/c1-9-4-12(18)16(13(19)5-9)21-15(24)7-22-8-20-14-6-10(23(26)27)2-3-11(14)17(22)25/h2-6,8H,7H2,1H3,(H,21,24). The van der Waals surface area contributed by atoms with Crippen LogP contribution >= 0.6 is 31.9 Å². The summed E-state index contributed by atoms with van der Waals surface area (Å²) in [6.07, 6.45) is 1.20. The van der Waals surface area contributed by atoms with E-state index in [2.05, 4.69) is 42.2 Å². The van der Waals surface area contributed by atoms with Gasteiger partial charge in [-0.15, -0.1) is 0 Å². The van der Waals surface area contributed by atoms with Crippen molar-refractivity contribution in [2.75, 3.05) is 5.32 Å². The molecule has 10 heteroatoms. The highest BCUT2D eigenvalue weighted by Gasteiger charge is 2.14. The number of fused-ring (bicyclic) bond motifs is 1. The summed E-state index contributed by atoms with van der Waals surface area (Å²) in [4.78, 5) is 39.2. The third-order valence-electron chi connectivity index (χ3n) is 3.78. The van der Waals surface area contributed by atoms with Gasteiger partial charge in [-0.1, -0.05) is 0 Å². The predicted octanol–water partition coefficient (Wildman–Crippen LogP) is 3.78. The number of nitro groups is 1. The molecule has 2 aromatic carbocycles. The minimum atomic E-state index is -0.558. The first-order valence-electron chi connectivity index (χ1n) is 7.65. The maximum Gasteiger partial charge on any atom is 0.271 e. The summed E-state index contributed by atoms with van der Waals surface area (Å²) >= 11 is 6.79. The monoisotopic (exact) mass is 494 g/mol. The molecule has 8 nitrogen and oxygen atoms in total. The molecule has 0 aliphatic heterocycles. The number of hydrogen-bond donors (Lipinski definition) is 1. The molecule has 0 aliphatic rings. The molecule has 0 spiro atoms. The van der Waals surface area contributed by atoms with Gasteiger partial charge in [0.15, 0.2) is 0 Å². The first kappa shape index (κ1) is 19.2. The maximum atomic E-state index is 12.5. The second-order valence-electron chi connectivity index (χ2n) is 5.79.